The number of aromatic nitrogens is 1. The number of hydrogen-bond acceptors (Lipinski definition) is 3. The van der Waals surface area contributed by atoms with Gasteiger partial charge in [-0.1, -0.05) is 0 Å². The van der Waals surface area contributed by atoms with Crippen LogP contribution in [0.5, 0.6) is 0 Å². The molecule has 1 aromatic rings. The number of carbonyl (C=O) groups excluding carboxylic acids is 1. The first-order chi connectivity index (χ1) is 8.13. The molecule has 0 aromatic carbocycles. The number of carboxylic acids is 1. The second-order valence-corrected chi connectivity index (χ2v) is 4.08. The summed E-state index contributed by atoms with van der Waals surface area (Å²) >= 11 is 0. The van der Waals surface area contributed by atoms with Crippen LogP contribution in [0.2, 0.25) is 0 Å². The molecule has 0 unspecified atom stereocenters. The highest BCUT2D eigenvalue weighted by Gasteiger charge is 2.28. The van der Waals surface area contributed by atoms with E-state index in [0.29, 0.717) is 11.7 Å². The molecule has 1 atom stereocenters. The van der Waals surface area contributed by atoms with Crippen molar-refractivity contribution >= 4 is 11.9 Å². The Kier molecular flexibility index (Phi) is 3.14. The average molecular weight is 238 g/mol. The molecule has 2 rings (SSSR count). The van der Waals surface area contributed by atoms with Crippen LogP contribution in [0.1, 0.15) is 29.4 Å². The normalized spacial score (nSPS) is 16.5. The van der Waals surface area contributed by atoms with E-state index in [1.54, 1.807) is 18.3 Å². The van der Waals surface area contributed by atoms with E-state index in [0.717, 1.165) is 12.8 Å². The zero-order valence-electron chi connectivity index (χ0n) is 9.17. The minimum Gasteiger partial charge on any atom is -0.480 e. The van der Waals surface area contributed by atoms with E-state index in [-0.39, 0.29) is 0 Å². The molecule has 92 valence electrons. The number of amides is 1. The highest BCUT2D eigenvalue weighted by molar-refractivity contribution is 5.95. The van der Waals surface area contributed by atoms with Crippen LogP contribution in [-0.4, -0.2) is 39.3 Å². The van der Waals surface area contributed by atoms with Crippen LogP contribution >= 0.6 is 0 Å². The molecule has 6 heteroatoms. The summed E-state index contributed by atoms with van der Waals surface area (Å²) in [5.41, 5.74) is 0.437. The van der Waals surface area contributed by atoms with Gasteiger partial charge in [-0.05, 0) is 25.0 Å². The van der Waals surface area contributed by atoms with E-state index in [9.17, 15) is 9.59 Å². The van der Waals surface area contributed by atoms with Gasteiger partial charge >= 0.3 is 5.97 Å². The molecule has 1 aliphatic carbocycles. The van der Waals surface area contributed by atoms with Gasteiger partial charge in [0.2, 0.25) is 0 Å². The number of aliphatic hydroxyl groups is 1. The van der Waals surface area contributed by atoms with Crippen LogP contribution in [-0.2, 0) is 4.79 Å². The van der Waals surface area contributed by atoms with Crippen LogP contribution in [0.3, 0.4) is 0 Å². The van der Waals surface area contributed by atoms with Crippen molar-refractivity contribution in [2.24, 2.45) is 0 Å². The van der Waals surface area contributed by atoms with Crippen molar-refractivity contribution in [3.8, 4) is 0 Å². The minimum absolute atomic E-state index is 0.350. The highest BCUT2D eigenvalue weighted by Crippen LogP contribution is 2.35. The number of aliphatic carboxylic acids is 1. The number of aliphatic hydroxyl groups excluding tert-OH is 1. The smallest absolute Gasteiger partial charge is 0.328 e. The SMILES string of the molecule is O=C(N[C@@H](CO)C(=O)O)c1cccn1C1CC1. The first-order valence-electron chi connectivity index (χ1n) is 5.45. The number of nitrogens with zero attached hydrogens (tertiary/aromatic N) is 1. The Morgan fingerprint density at radius 3 is 2.76 bits per heavy atom. The lowest BCUT2D eigenvalue weighted by Gasteiger charge is -2.13. The molecule has 1 aliphatic rings. The Hall–Kier alpha value is -1.82. The topological polar surface area (TPSA) is 91.6 Å². The maximum atomic E-state index is 11.8. The lowest BCUT2D eigenvalue weighted by Crippen LogP contribution is -2.43. The van der Waals surface area contributed by atoms with E-state index >= 15 is 0 Å². The predicted octanol–water partition coefficient (Wildman–Crippen LogP) is -0.00170. The first-order valence-corrected chi connectivity index (χ1v) is 5.45. The Bertz CT molecular complexity index is 436. The molecular formula is C11H14N2O4. The maximum absolute atomic E-state index is 11.8. The lowest BCUT2D eigenvalue weighted by atomic mass is 10.3. The monoisotopic (exact) mass is 238 g/mol. The van der Waals surface area contributed by atoms with E-state index in [4.69, 9.17) is 10.2 Å². The Labute approximate surface area is 97.9 Å². The number of nitrogens with one attached hydrogen (secondary N) is 1. The molecule has 1 aromatic heterocycles. The Morgan fingerprint density at radius 1 is 1.53 bits per heavy atom. The van der Waals surface area contributed by atoms with Crippen molar-refractivity contribution in [3.05, 3.63) is 24.0 Å². The van der Waals surface area contributed by atoms with Gasteiger partial charge in [-0.3, -0.25) is 4.79 Å². The first kappa shape index (κ1) is 11.7. The fraction of sp³-hybridized carbons (Fsp3) is 0.455. The number of rotatable bonds is 5. The van der Waals surface area contributed by atoms with E-state index in [2.05, 4.69) is 5.32 Å². The van der Waals surface area contributed by atoms with Gasteiger partial charge in [0.05, 0.1) is 6.61 Å². The van der Waals surface area contributed by atoms with Crippen molar-refractivity contribution in [2.75, 3.05) is 6.61 Å². The largest absolute Gasteiger partial charge is 0.480 e. The quantitative estimate of drug-likeness (QED) is 0.673. The van der Waals surface area contributed by atoms with Crippen LogP contribution in [0.25, 0.3) is 0 Å². The highest BCUT2D eigenvalue weighted by atomic mass is 16.4. The van der Waals surface area contributed by atoms with Gasteiger partial charge in [0.1, 0.15) is 5.69 Å². The van der Waals surface area contributed by atoms with Crippen LogP contribution in [0, 0.1) is 0 Å². The zero-order valence-corrected chi connectivity index (χ0v) is 9.17. The number of hydrogen-bond donors (Lipinski definition) is 3. The molecule has 1 saturated carbocycles. The maximum Gasteiger partial charge on any atom is 0.328 e. The van der Waals surface area contributed by atoms with Crippen LogP contribution in [0.15, 0.2) is 18.3 Å². The van der Waals surface area contributed by atoms with E-state index in [1.807, 2.05) is 4.57 Å². The summed E-state index contributed by atoms with van der Waals surface area (Å²) in [7, 11) is 0. The van der Waals surface area contributed by atoms with Gasteiger partial charge in [-0.2, -0.15) is 0 Å². The third-order valence-corrected chi connectivity index (χ3v) is 2.74. The zero-order chi connectivity index (χ0) is 12.4. The molecule has 0 spiro atoms. The average Bonchev–Trinajstić information content (AvgIpc) is 3.03. The molecule has 1 amide bonds. The lowest BCUT2D eigenvalue weighted by molar-refractivity contribution is -0.140. The third kappa shape index (κ3) is 2.47. The fourth-order valence-corrected chi connectivity index (χ4v) is 1.67. The van der Waals surface area contributed by atoms with Crippen molar-refractivity contribution < 1.29 is 19.8 Å². The van der Waals surface area contributed by atoms with E-state index < -0.39 is 24.5 Å². The van der Waals surface area contributed by atoms with Gasteiger partial charge in [-0.25, -0.2) is 4.79 Å². The second kappa shape index (κ2) is 4.58. The van der Waals surface area contributed by atoms with Crippen molar-refractivity contribution in [2.45, 2.75) is 24.9 Å². The molecule has 3 N–H and O–H groups in total. The molecule has 0 radical (unpaired) electrons. The molecule has 6 nitrogen and oxygen atoms in total. The molecule has 17 heavy (non-hydrogen) atoms. The van der Waals surface area contributed by atoms with Gasteiger partial charge in [0, 0.05) is 12.2 Å². The molecular weight excluding hydrogens is 224 g/mol. The fourth-order valence-electron chi connectivity index (χ4n) is 1.67. The summed E-state index contributed by atoms with van der Waals surface area (Å²) in [6, 6.07) is 2.49. The van der Waals surface area contributed by atoms with Gasteiger partial charge in [0.25, 0.3) is 5.91 Å². The second-order valence-electron chi connectivity index (χ2n) is 4.08. The van der Waals surface area contributed by atoms with Crippen molar-refractivity contribution in [1.82, 2.24) is 9.88 Å². The van der Waals surface area contributed by atoms with Crippen LogP contribution < -0.4 is 5.32 Å². The molecule has 1 heterocycles. The minimum atomic E-state index is -1.26. The Morgan fingerprint density at radius 2 is 2.24 bits per heavy atom. The number of carboxylic acid groups (broad SMARTS) is 1. The summed E-state index contributed by atoms with van der Waals surface area (Å²) in [6.45, 7) is -0.620. The van der Waals surface area contributed by atoms with E-state index in [1.165, 1.54) is 0 Å². The summed E-state index contributed by atoms with van der Waals surface area (Å²) in [5, 5.41) is 19.8. The predicted molar refractivity (Wildman–Crippen MR) is 58.7 cm³/mol. The Balaban J connectivity index is 2.08. The summed E-state index contributed by atoms with van der Waals surface area (Å²) in [4.78, 5) is 22.5. The molecule has 0 bridgehead atoms. The van der Waals surface area contributed by atoms with Crippen LogP contribution in [0.4, 0.5) is 0 Å². The summed E-state index contributed by atoms with van der Waals surface area (Å²) < 4.78 is 1.84. The summed E-state index contributed by atoms with van der Waals surface area (Å²) in [5.74, 6) is -1.71. The van der Waals surface area contributed by atoms with Gasteiger partial charge < -0.3 is 20.1 Å². The van der Waals surface area contributed by atoms with Crippen molar-refractivity contribution in [1.29, 1.82) is 0 Å². The number of carbonyl (C=O) groups is 2. The molecule has 1 fully saturated rings. The molecule has 0 saturated heterocycles. The third-order valence-electron chi connectivity index (χ3n) is 2.74. The summed E-state index contributed by atoms with van der Waals surface area (Å²) in [6.07, 6.45) is 3.88. The van der Waals surface area contributed by atoms with Gasteiger partial charge in [0.15, 0.2) is 6.04 Å². The van der Waals surface area contributed by atoms with Gasteiger partial charge in [-0.15, -0.1) is 0 Å². The standard InChI is InChI=1S/C11H14N2O4/c14-6-8(11(16)17)12-10(15)9-2-1-5-13(9)7-3-4-7/h1-2,5,7-8,14H,3-4,6H2,(H,12,15)(H,16,17)/t8-/m0/s1. The molecule has 0 aliphatic heterocycles. The van der Waals surface area contributed by atoms with Crippen molar-refractivity contribution in [3.63, 3.8) is 0 Å².